The van der Waals surface area contributed by atoms with Crippen molar-refractivity contribution in [3.63, 3.8) is 0 Å². The molecule has 11 heteroatoms. The van der Waals surface area contributed by atoms with Gasteiger partial charge in [0.1, 0.15) is 11.6 Å². The van der Waals surface area contributed by atoms with Crippen molar-refractivity contribution in [2.45, 2.75) is 37.7 Å². The smallest absolute Gasteiger partial charge is 0.243 e. The molecule has 4 N–H and O–H groups in total. The Morgan fingerprint density at radius 1 is 1.16 bits per heavy atom. The molecule has 0 amide bonds. The Hall–Kier alpha value is -3.02. The van der Waals surface area contributed by atoms with E-state index in [0.29, 0.717) is 43.4 Å². The highest BCUT2D eigenvalue weighted by Crippen LogP contribution is 2.25. The van der Waals surface area contributed by atoms with E-state index in [4.69, 9.17) is 0 Å². The number of aromatic amines is 1. The molecule has 1 aliphatic rings. The molecular weight excluding hydrogens is 418 g/mol. The van der Waals surface area contributed by atoms with Crippen molar-refractivity contribution in [2.75, 3.05) is 23.7 Å². The third-order valence-corrected chi connectivity index (χ3v) is 7.21. The number of aliphatic hydroxyl groups excluding tert-OH is 1. The van der Waals surface area contributed by atoms with Crippen LogP contribution < -0.4 is 10.6 Å². The Labute approximate surface area is 180 Å². The lowest BCUT2D eigenvalue weighted by atomic mass is 10.1. The van der Waals surface area contributed by atoms with Gasteiger partial charge in [-0.2, -0.15) is 14.4 Å². The molecular formula is C20H25N7O3S. The summed E-state index contributed by atoms with van der Waals surface area (Å²) in [5.74, 6) is 1.65. The first kappa shape index (κ1) is 21.2. The molecule has 1 saturated heterocycles. The normalized spacial score (nSPS) is 15.7. The fourth-order valence-corrected chi connectivity index (χ4v) is 4.84. The van der Waals surface area contributed by atoms with Crippen LogP contribution in [0.4, 0.5) is 23.3 Å². The number of sulfonamides is 1. The average molecular weight is 444 g/mol. The van der Waals surface area contributed by atoms with E-state index in [2.05, 4.69) is 30.8 Å². The highest BCUT2D eigenvalue weighted by molar-refractivity contribution is 7.89. The molecule has 0 saturated carbocycles. The number of nitrogens with one attached hydrogen (secondary N) is 3. The van der Waals surface area contributed by atoms with Gasteiger partial charge in [0.15, 0.2) is 0 Å². The predicted molar refractivity (Wildman–Crippen MR) is 117 cm³/mol. The van der Waals surface area contributed by atoms with Gasteiger partial charge in [0.05, 0.1) is 16.7 Å². The van der Waals surface area contributed by atoms with Gasteiger partial charge >= 0.3 is 0 Å². The lowest BCUT2D eigenvalue weighted by Gasteiger charge is -2.28. The van der Waals surface area contributed by atoms with Crippen molar-refractivity contribution in [1.82, 2.24) is 24.5 Å². The summed E-state index contributed by atoms with van der Waals surface area (Å²) in [4.78, 5) is 8.84. The van der Waals surface area contributed by atoms with Crippen LogP contribution in [-0.4, -0.2) is 57.2 Å². The molecule has 3 aromatic rings. The Bertz CT molecular complexity index is 1170. The highest BCUT2D eigenvalue weighted by Gasteiger charge is 2.28. The van der Waals surface area contributed by atoms with Crippen molar-refractivity contribution in [2.24, 2.45) is 0 Å². The first-order valence-electron chi connectivity index (χ1n) is 10.00. The van der Waals surface area contributed by atoms with Crippen molar-refractivity contribution in [3.05, 3.63) is 47.8 Å². The van der Waals surface area contributed by atoms with Gasteiger partial charge in [-0.1, -0.05) is 6.07 Å². The van der Waals surface area contributed by atoms with Crippen LogP contribution in [0.1, 0.15) is 24.1 Å². The largest absolute Gasteiger partial charge is 0.393 e. The van der Waals surface area contributed by atoms with Gasteiger partial charge in [-0.15, -0.1) is 0 Å². The molecule has 1 aromatic carbocycles. The van der Waals surface area contributed by atoms with E-state index >= 15 is 0 Å². The van der Waals surface area contributed by atoms with E-state index in [-0.39, 0.29) is 4.90 Å². The second-order valence-electron chi connectivity index (χ2n) is 7.49. The lowest BCUT2D eigenvalue weighted by molar-refractivity contribution is 0.113. The summed E-state index contributed by atoms with van der Waals surface area (Å²) in [6, 6.07) is 8.28. The van der Waals surface area contributed by atoms with E-state index < -0.39 is 16.1 Å². The van der Waals surface area contributed by atoms with Crippen LogP contribution in [0.15, 0.2) is 41.4 Å². The number of aliphatic hydroxyl groups is 1. The minimum atomic E-state index is -3.63. The molecule has 4 rings (SSSR count). The first-order valence-corrected chi connectivity index (χ1v) is 11.4. The van der Waals surface area contributed by atoms with Crippen molar-refractivity contribution in [3.8, 4) is 0 Å². The molecule has 2 aromatic heterocycles. The molecule has 3 heterocycles. The zero-order chi connectivity index (χ0) is 22.0. The molecule has 0 radical (unpaired) electrons. The van der Waals surface area contributed by atoms with Crippen LogP contribution >= 0.6 is 0 Å². The molecule has 0 spiro atoms. The zero-order valence-electron chi connectivity index (χ0n) is 17.3. The fourth-order valence-electron chi connectivity index (χ4n) is 3.32. The standard InChI is InChI=1S/C20H25N7O3S/c1-13-14(2)25-26-19(13)23-18-6-9-21-20(24-18)22-15-4-3-5-17(12-15)31(29,30)27-10-7-16(28)8-11-27/h3-6,9,12,16,28H,7-8,10-11H2,1-2H3,(H3,21,22,23,24,25,26). The molecule has 0 bridgehead atoms. The third kappa shape index (κ3) is 4.68. The Balaban J connectivity index is 1.51. The van der Waals surface area contributed by atoms with E-state index in [9.17, 15) is 13.5 Å². The summed E-state index contributed by atoms with van der Waals surface area (Å²) in [6.07, 6.45) is 2.06. The molecule has 0 unspecified atom stereocenters. The average Bonchev–Trinajstić information content (AvgIpc) is 3.07. The molecule has 31 heavy (non-hydrogen) atoms. The van der Waals surface area contributed by atoms with Crippen LogP contribution in [0, 0.1) is 13.8 Å². The van der Waals surface area contributed by atoms with Gasteiger partial charge in [0.2, 0.25) is 16.0 Å². The SMILES string of the molecule is Cc1n[nH]c(Nc2ccnc(Nc3cccc(S(=O)(=O)N4CCC(O)CC4)c3)n2)c1C. The maximum Gasteiger partial charge on any atom is 0.243 e. The monoisotopic (exact) mass is 443 g/mol. The number of nitrogens with zero attached hydrogens (tertiary/aromatic N) is 4. The van der Waals surface area contributed by atoms with Crippen LogP contribution in [0.3, 0.4) is 0 Å². The maximum atomic E-state index is 13.0. The number of H-pyrrole nitrogens is 1. The number of aromatic nitrogens is 4. The Morgan fingerprint density at radius 3 is 2.65 bits per heavy atom. The summed E-state index contributed by atoms with van der Waals surface area (Å²) in [7, 11) is -3.63. The minimum Gasteiger partial charge on any atom is -0.393 e. The van der Waals surface area contributed by atoms with Crippen LogP contribution in [-0.2, 0) is 10.0 Å². The molecule has 0 atom stereocenters. The summed E-state index contributed by atoms with van der Waals surface area (Å²) in [6.45, 7) is 4.49. The topological polar surface area (TPSA) is 136 Å². The van der Waals surface area contributed by atoms with Crippen molar-refractivity contribution < 1.29 is 13.5 Å². The van der Waals surface area contributed by atoms with E-state index in [1.54, 1.807) is 36.5 Å². The third-order valence-electron chi connectivity index (χ3n) is 5.31. The molecule has 10 nitrogen and oxygen atoms in total. The Morgan fingerprint density at radius 2 is 1.94 bits per heavy atom. The second-order valence-corrected chi connectivity index (χ2v) is 9.43. The Kier molecular flexibility index (Phi) is 5.90. The highest BCUT2D eigenvalue weighted by atomic mass is 32.2. The van der Waals surface area contributed by atoms with Crippen LogP contribution in [0.5, 0.6) is 0 Å². The second kappa shape index (κ2) is 8.61. The van der Waals surface area contributed by atoms with Gasteiger partial charge < -0.3 is 15.7 Å². The summed E-state index contributed by atoms with van der Waals surface area (Å²) in [5.41, 5.74) is 2.45. The van der Waals surface area contributed by atoms with Gasteiger partial charge in [-0.25, -0.2) is 13.4 Å². The molecule has 0 aliphatic carbocycles. The van der Waals surface area contributed by atoms with Gasteiger partial charge in [0, 0.05) is 30.5 Å². The predicted octanol–water partition coefficient (Wildman–Crippen LogP) is 2.45. The molecule has 164 valence electrons. The number of anilines is 4. The quantitative estimate of drug-likeness (QED) is 0.456. The van der Waals surface area contributed by atoms with E-state index in [0.717, 1.165) is 17.1 Å². The summed E-state index contributed by atoms with van der Waals surface area (Å²) < 4.78 is 27.3. The van der Waals surface area contributed by atoms with Crippen LogP contribution in [0.2, 0.25) is 0 Å². The fraction of sp³-hybridized carbons (Fsp3) is 0.350. The number of benzene rings is 1. The van der Waals surface area contributed by atoms with Gasteiger partial charge in [-0.05, 0) is 51.0 Å². The van der Waals surface area contributed by atoms with Gasteiger partial charge in [-0.3, -0.25) is 5.10 Å². The molecule has 1 aliphatic heterocycles. The number of aryl methyl sites for hydroxylation is 1. The zero-order valence-corrected chi connectivity index (χ0v) is 18.1. The van der Waals surface area contributed by atoms with E-state index in [1.165, 1.54) is 4.31 Å². The number of piperidine rings is 1. The number of rotatable bonds is 6. The molecule has 1 fully saturated rings. The van der Waals surface area contributed by atoms with Crippen LogP contribution in [0.25, 0.3) is 0 Å². The van der Waals surface area contributed by atoms with Crippen molar-refractivity contribution in [1.29, 1.82) is 0 Å². The minimum absolute atomic E-state index is 0.187. The van der Waals surface area contributed by atoms with Crippen molar-refractivity contribution >= 4 is 33.3 Å². The van der Waals surface area contributed by atoms with Gasteiger partial charge in [0.25, 0.3) is 0 Å². The first-order chi connectivity index (χ1) is 14.8. The number of hydrogen-bond donors (Lipinski definition) is 4. The summed E-state index contributed by atoms with van der Waals surface area (Å²) in [5, 5.41) is 23.0. The summed E-state index contributed by atoms with van der Waals surface area (Å²) >= 11 is 0. The van der Waals surface area contributed by atoms with E-state index in [1.807, 2.05) is 13.8 Å². The maximum absolute atomic E-state index is 13.0. The number of hydrogen-bond acceptors (Lipinski definition) is 8. The lowest BCUT2D eigenvalue weighted by Crippen LogP contribution is -2.39.